The molecule has 1 aromatic carbocycles. The van der Waals surface area contributed by atoms with E-state index in [4.69, 9.17) is 4.74 Å². The van der Waals surface area contributed by atoms with Gasteiger partial charge in [-0.05, 0) is 24.6 Å². The molecule has 122 valence electrons. The zero-order valence-corrected chi connectivity index (χ0v) is 12.9. The van der Waals surface area contributed by atoms with Crippen molar-refractivity contribution in [3.8, 4) is 0 Å². The van der Waals surface area contributed by atoms with Crippen LogP contribution in [0.25, 0.3) is 0 Å². The van der Waals surface area contributed by atoms with Crippen molar-refractivity contribution in [2.75, 3.05) is 13.2 Å². The normalized spacial score (nSPS) is 13.3. The minimum Gasteiger partial charge on any atom is -0.389 e. The Hall–Kier alpha value is -2.44. The molecular formula is C17H20N2O4. The highest BCUT2D eigenvalue weighted by Crippen LogP contribution is 2.15. The summed E-state index contributed by atoms with van der Waals surface area (Å²) in [5.74, 6) is -0.526. The van der Waals surface area contributed by atoms with Crippen molar-refractivity contribution in [3.05, 3.63) is 70.1 Å². The van der Waals surface area contributed by atoms with Crippen LogP contribution in [0, 0.1) is 0 Å². The molecule has 23 heavy (non-hydrogen) atoms. The monoisotopic (exact) mass is 316 g/mol. The average molecular weight is 316 g/mol. The van der Waals surface area contributed by atoms with E-state index in [0.717, 1.165) is 5.56 Å². The van der Waals surface area contributed by atoms with E-state index in [9.17, 15) is 14.7 Å². The van der Waals surface area contributed by atoms with E-state index in [-0.39, 0.29) is 24.8 Å². The first-order valence-electron chi connectivity index (χ1n) is 7.38. The first-order chi connectivity index (χ1) is 11.1. The van der Waals surface area contributed by atoms with Crippen molar-refractivity contribution in [3.63, 3.8) is 0 Å². The molecule has 2 unspecified atom stereocenters. The number of carbonyl (C=O) groups is 1. The van der Waals surface area contributed by atoms with Gasteiger partial charge in [0.25, 0.3) is 11.5 Å². The number of aromatic amines is 1. The summed E-state index contributed by atoms with van der Waals surface area (Å²) < 4.78 is 5.58. The molecule has 2 atom stereocenters. The molecule has 6 nitrogen and oxygen atoms in total. The summed E-state index contributed by atoms with van der Waals surface area (Å²) >= 11 is 0. The Morgan fingerprint density at radius 2 is 2.00 bits per heavy atom. The SMILES string of the molecule is CC(OCC(O)CNC(=O)c1ccc[nH]c1=O)c1ccccc1. The van der Waals surface area contributed by atoms with E-state index < -0.39 is 17.6 Å². The number of carbonyl (C=O) groups excluding carboxylic acids is 1. The Morgan fingerprint density at radius 3 is 2.70 bits per heavy atom. The van der Waals surface area contributed by atoms with Crippen molar-refractivity contribution in [2.24, 2.45) is 0 Å². The van der Waals surface area contributed by atoms with Crippen LogP contribution in [-0.4, -0.2) is 35.3 Å². The largest absolute Gasteiger partial charge is 0.389 e. The van der Waals surface area contributed by atoms with Gasteiger partial charge in [-0.2, -0.15) is 0 Å². The Kier molecular flexibility index (Phi) is 6.08. The first kappa shape index (κ1) is 16.9. The fraction of sp³-hybridized carbons (Fsp3) is 0.294. The van der Waals surface area contributed by atoms with Crippen LogP contribution in [0.3, 0.4) is 0 Å². The van der Waals surface area contributed by atoms with Crippen molar-refractivity contribution in [2.45, 2.75) is 19.1 Å². The van der Waals surface area contributed by atoms with Gasteiger partial charge >= 0.3 is 0 Å². The first-order valence-corrected chi connectivity index (χ1v) is 7.38. The van der Waals surface area contributed by atoms with Gasteiger partial charge in [0.05, 0.1) is 18.8 Å². The van der Waals surface area contributed by atoms with Crippen molar-refractivity contribution < 1.29 is 14.6 Å². The number of nitrogens with one attached hydrogen (secondary N) is 2. The van der Waals surface area contributed by atoms with E-state index in [0.29, 0.717) is 0 Å². The van der Waals surface area contributed by atoms with E-state index in [1.807, 2.05) is 37.3 Å². The van der Waals surface area contributed by atoms with Gasteiger partial charge in [-0.25, -0.2) is 0 Å². The zero-order valence-electron chi connectivity index (χ0n) is 12.9. The molecule has 2 rings (SSSR count). The van der Waals surface area contributed by atoms with Crippen LogP contribution in [0.1, 0.15) is 28.9 Å². The van der Waals surface area contributed by atoms with E-state index >= 15 is 0 Å². The fourth-order valence-corrected chi connectivity index (χ4v) is 2.04. The topological polar surface area (TPSA) is 91.4 Å². The Labute approximate surface area is 134 Å². The highest BCUT2D eigenvalue weighted by molar-refractivity contribution is 5.93. The summed E-state index contributed by atoms with van der Waals surface area (Å²) in [6, 6.07) is 12.6. The van der Waals surface area contributed by atoms with E-state index in [1.54, 1.807) is 6.07 Å². The van der Waals surface area contributed by atoms with Gasteiger partial charge < -0.3 is 20.1 Å². The van der Waals surface area contributed by atoms with Gasteiger partial charge in [-0.3, -0.25) is 9.59 Å². The summed E-state index contributed by atoms with van der Waals surface area (Å²) in [5, 5.41) is 12.4. The number of aliphatic hydroxyl groups is 1. The molecule has 1 amide bonds. The number of benzene rings is 1. The Balaban J connectivity index is 1.77. The third-order valence-electron chi connectivity index (χ3n) is 3.37. The highest BCUT2D eigenvalue weighted by Gasteiger charge is 2.13. The molecule has 0 aliphatic heterocycles. The molecule has 0 aliphatic carbocycles. The van der Waals surface area contributed by atoms with Crippen LogP contribution < -0.4 is 10.9 Å². The van der Waals surface area contributed by atoms with Crippen LogP contribution >= 0.6 is 0 Å². The number of aliphatic hydroxyl groups excluding tert-OH is 1. The van der Waals surface area contributed by atoms with E-state index in [1.165, 1.54) is 12.3 Å². The van der Waals surface area contributed by atoms with Gasteiger partial charge in [-0.1, -0.05) is 30.3 Å². The quantitative estimate of drug-likeness (QED) is 0.717. The maximum atomic E-state index is 11.8. The maximum absolute atomic E-state index is 11.8. The number of hydrogen-bond donors (Lipinski definition) is 3. The van der Waals surface area contributed by atoms with Gasteiger partial charge in [0, 0.05) is 12.7 Å². The molecule has 6 heteroatoms. The summed E-state index contributed by atoms with van der Waals surface area (Å²) in [7, 11) is 0. The average Bonchev–Trinajstić information content (AvgIpc) is 2.58. The molecule has 0 aliphatic rings. The van der Waals surface area contributed by atoms with Crippen molar-refractivity contribution in [1.82, 2.24) is 10.3 Å². The Morgan fingerprint density at radius 1 is 1.26 bits per heavy atom. The third-order valence-corrected chi connectivity index (χ3v) is 3.37. The number of rotatable bonds is 7. The molecule has 0 radical (unpaired) electrons. The summed E-state index contributed by atoms with van der Waals surface area (Å²) in [6.45, 7) is 1.99. The molecule has 0 spiro atoms. The summed E-state index contributed by atoms with van der Waals surface area (Å²) in [4.78, 5) is 25.7. The molecule has 0 bridgehead atoms. The molecular weight excluding hydrogens is 296 g/mol. The Bertz CT molecular complexity index is 684. The van der Waals surface area contributed by atoms with Crippen molar-refractivity contribution in [1.29, 1.82) is 0 Å². The van der Waals surface area contributed by atoms with Gasteiger partial charge in [0.1, 0.15) is 5.56 Å². The molecule has 0 saturated carbocycles. The highest BCUT2D eigenvalue weighted by atomic mass is 16.5. The predicted octanol–water partition coefficient (Wildman–Crippen LogP) is 1.24. The maximum Gasteiger partial charge on any atom is 0.260 e. The molecule has 0 fully saturated rings. The van der Waals surface area contributed by atoms with Gasteiger partial charge in [0.2, 0.25) is 0 Å². The zero-order chi connectivity index (χ0) is 16.7. The lowest BCUT2D eigenvalue weighted by Gasteiger charge is -2.17. The van der Waals surface area contributed by atoms with Crippen LogP contribution in [0.4, 0.5) is 0 Å². The lowest BCUT2D eigenvalue weighted by molar-refractivity contribution is -0.00171. The number of aromatic nitrogens is 1. The minimum absolute atomic E-state index is 0.00861. The second kappa shape index (κ2) is 8.26. The van der Waals surface area contributed by atoms with Gasteiger partial charge in [0.15, 0.2) is 0 Å². The molecule has 0 saturated heterocycles. The minimum atomic E-state index is -0.854. The van der Waals surface area contributed by atoms with Crippen LogP contribution in [-0.2, 0) is 4.74 Å². The number of H-pyrrole nitrogens is 1. The third kappa shape index (κ3) is 5.05. The van der Waals surface area contributed by atoms with Crippen LogP contribution in [0.5, 0.6) is 0 Å². The number of pyridine rings is 1. The molecule has 1 heterocycles. The van der Waals surface area contributed by atoms with Crippen molar-refractivity contribution >= 4 is 5.91 Å². The molecule has 3 N–H and O–H groups in total. The predicted molar refractivity (Wildman–Crippen MR) is 86.2 cm³/mol. The lowest BCUT2D eigenvalue weighted by Crippen LogP contribution is -2.37. The van der Waals surface area contributed by atoms with Crippen LogP contribution in [0.2, 0.25) is 0 Å². The lowest BCUT2D eigenvalue weighted by atomic mass is 10.1. The number of amides is 1. The molecule has 2 aromatic rings. The standard InChI is InChI=1S/C17H20N2O4/c1-12(13-6-3-2-4-7-13)23-11-14(20)10-19-17(22)15-8-5-9-18-16(15)21/h2-9,12,14,20H,10-11H2,1H3,(H,18,21)(H,19,22). The number of ether oxygens (including phenoxy) is 1. The summed E-state index contributed by atoms with van der Waals surface area (Å²) in [6.07, 6.45) is 0.443. The fourth-order valence-electron chi connectivity index (χ4n) is 2.04. The van der Waals surface area contributed by atoms with Crippen LogP contribution in [0.15, 0.2) is 53.5 Å². The summed E-state index contributed by atoms with van der Waals surface area (Å²) in [5.41, 5.74) is 0.561. The molecule has 1 aromatic heterocycles. The smallest absolute Gasteiger partial charge is 0.260 e. The van der Waals surface area contributed by atoms with E-state index in [2.05, 4.69) is 10.3 Å². The van der Waals surface area contributed by atoms with Gasteiger partial charge in [-0.15, -0.1) is 0 Å². The second-order valence-electron chi connectivity index (χ2n) is 5.16. The number of hydrogen-bond acceptors (Lipinski definition) is 4. The second-order valence-corrected chi connectivity index (χ2v) is 5.16.